The van der Waals surface area contributed by atoms with Crippen LogP contribution in [0.4, 0.5) is 0 Å². The number of ether oxygens (including phenoxy) is 5. The van der Waals surface area contributed by atoms with Gasteiger partial charge in [-0.1, -0.05) is 30.0 Å². The van der Waals surface area contributed by atoms with Gasteiger partial charge in [-0.25, -0.2) is 0 Å². The van der Waals surface area contributed by atoms with Crippen molar-refractivity contribution in [3.63, 3.8) is 0 Å². The largest absolute Gasteiger partial charge is 0.382 e. The molecule has 0 spiro atoms. The Hall–Kier alpha value is -0.630. The Morgan fingerprint density at radius 3 is 2.09 bits per heavy atom. The molecule has 2 rings (SSSR count). The summed E-state index contributed by atoms with van der Waals surface area (Å²) in [4.78, 5) is 1.12. The predicted molar refractivity (Wildman–Crippen MR) is 85.2 cm³/mol. The second kappa shape index (κ2) is 8.86. The summed E-state index contributed by atoms with van der Waals surface area (Å²) in [6.07, 6.45) is -0.881. The third-order valence-corrected chi connectivity index (χ3v) is 4.89. The molecule has 1 aliphatic rings. The van der Waals surface area contributed by atoms with Crippen LogP contribution >= 0.6 is 11.8 Å². The molecule has 1 aliphatic heterocycles. The number of hydrogen-bond donors (Lipinski definition) is 0. The predicted octanol–water partition coefficient (Wildman–Crippen LogP) is 2.20. The van der Waals surface area contributed by atoms with Crippen molar-refractivity contribution in [3.8, 4) is 0 Å². The van der Waals surface area contributed by atoms with Crippen LogP contribution in [0.1, 0.15) is 0 Å². The highest BCUT2D eigenvalue weighted by Crippen LogP contribution is 2.36. The van der Waals surface area contributed by atoms with Gasteiger partial charge in [0.05, 0.1) is 6.61 Å². The Labute approximate surface area is 136 Å². The van der Waals surface area contributed by atoms with Gasteiger partial charge >= 0.3 is 0 Å². The summed E-state index contributed by atoms with van der Waals surface area (Å²) in [5.41, 5.74) is -0.191. The number of rotatable bonds is 7. The molecule has 5 atom stereocenters. The lowest BCUT2D eigenvalue weighted by atomic mass is 9.99. The zero-order valence-electron chi connectivity index (χ0n) is 13.4. The first-order valence-electron chi connectivity index (χ1n) is 7.19. The molecule has 0 aromatic heterocycles. The molecule has 124 valence electrons. The number of hydrogen-bond acceptors (Lipinski definition) is 6. The molecule has 0 radical (unpaired) electrons. The van der Waals surface area contributed by atoms with Gasteiger partial charge in [0.15, 0.2) is 0 Å². The topological polar surface area (TPSA) is 46.2 Å². The summed E-state index contributed by atoms with van der Waals surface area (Å²) in [5, 5.41) is 0. The fraction of sp³-hybridized carbons (Fsp3) is 0.625. The van der Waals surface area contributed by atoms with Gasteiger partial charge in [0.2, 0.25) is 0 Å². The number of benzene rings is 1. The Balaban J connectivity index is 2.19. The second-order valence-corrected chi connectivity index (χ2v) is 6.20. The van der Waals surface area contributed by atoms with Gasteiger partial charge in [-0.05, 0) is 12.1 Å². The number of thioether (sulfide) groups is 1. The summed E-state index contributed by atoms with van der Waals surface area (Å²) in [6, 6.07) is 10.1. The van der Waals surface area contributed by atoms with Crippen LogP contribution in [-0.4, -0.2) is 64.9 Å². The van der Waals surface area contributed by atoms with Crippen LogP contribution in [0.2, 0.25) is 0 Å². The first-order chi connectivity index (χ1) is 10.7. The third kappa shape index (κ3) is 4.01. The van der Waals surface area contributed by atoms with Crippen LogP contribution in [0.25, 0.3) is 0 Å². The number of methoxy groups -OCH3 is 4. The average molecular weight is 328 g/mol. The molecule has 1 aromatic rings. The Morgan fingerprint density at radius 2 is 1.55 bits per heavy atom. The Bertz CT molecular complexity index is 430. The molecule has 22 heavy (non-hydrogen) atoms. The summed E-state index contributed by atoms with van der Waals surface area (Å²) in [5.74, 6) is 0. The van der Waals surface area contributed by atoms with Crippen molar-refractivity contribution >= 4 is 11.8 Å². The van der Waals surface area contributed by atoms with E-state index in [0.717, 1.165) is 4.90 Å². The van der Waals surface area contributed by atoms with E-state index in [1.54, 1.807) is 40.2 Å². The molecular formula is C16H24O5S. The van der Waals surface area contributed by atoms with E-state index in [1.807, 2.05) is 18.2 Å². The van der Waals surface area contributed by atoms with E-state index in [9.17, 15) is 0 Å². The van der Waals surface area contributed by atoms with Crippen molar-refractivity contribution in [2.75, 3.05) is 35.0 Å². The van der Waals surface area contributed by atoms with Crippen molar-refractivity contribution < 1.29 is 23.7 Å². The minimum Gasteiger partial charge on any atom is -0.382 e. The van der Waals surface area contributed by atoms with Crippen molar-refractivity contribution in [1.29, 1.82) is 0 Å². The molecule has 5 nitrogen and oxygen atoms in total. The maximum absolute atomic E-state index is 6.18. The molecule has 1 aromatic carbocycles. The van der Waals surface area contributed by atoms with E-state index < -0.39 is 0 Å². The van der Waals surface area contributed by atoms with E-state index in [2.05, 4.69) is 12.1 Å². The van der Waals surface area contributed by atoms with Crippen LogP contribution in [0.3, 0.4) is 0 Å². The molecule has 1 fully saturated rings. The van der Waals surface area contributed by atoms with E-state index in [1.165, 1.54) is 0 Å². The minimum absolute atomic E-state index is 0.191. The van der Waals surface area contributed by atoms with Crippen LogP contribution in [-0.2, 0) is 23.7 Å². The fourth-order valence-electron chi connectivity index (χ4n) is 2.71. The molecule has 0 saturated carbocycles. The van der Waals surface area contributed by atoms with Gasteiger partial charge in [-0.15, -0.1) is 0 Å². The van der Waals surface area contributed by atoms with E-state index >= 15 is 0 Å². The molecule has 0 unspecified atom stereocenters. The zero-order valence-corrected chi connectivity index (χ0v) is 14.2. The normalized spacial score (nSPS) is 32.1. The molecule has 0 bridgehead atoms. The molecule has 0 amide bonds. The van der Waals surface area contributed by atoms with Crippen molar-refractivity contribution in [2.45, 2.75) is 34.7 Å². The maximum Gasteiger partial charge on any atom is 0.137 e. The van der Waals surface area contributed by atoms with Gasteiger partial charge < -0.3 is 23.7 Å². The lowest BCUT2D eigenvalue weighted by molar-refractivity contribution is -0.229. The molecule has 6 heteroatoms. The first kappa shape index (κ1) is 17.7. The molecular weight excluding hydrogens is 304 g/mol. The monoisotopic (exact) mass is 328 g/mol. The Morgan fingerprint density at radius 1 is 0.909 bits per heavy atom. The van der Waals surface area contributed by atoms with Crippen LogP contribution < -0.4 is 0 Å². The minimum atomic E-state index is -0.234. The third-order valence-electron chi connectivity index (χ3n) is 3.73. The highest BCUT2D eigenvalue weighted by atomic mass is 32.2. The standard InChI is InChI=1S/C16H24O5S/c1-17-10-12-13(18-2)14(19-3)15(20-4)16(21-12)22-11-8-6-5-7-9-11/h5-9,12-16H,10H2,1-4H3/t12-,13+,14+,15-,16+/m1/s1. The quantitative estimate of drug-likeness (QED) is 0.765. The zero-order chi connectivity index (χ0) is 15.9. The smallest absolute Gasteiger partial charge is 0.137 e. The fourth-order valence-corrected chi connectivity index (χ4v) is 3.89. The van der Waals surface area contributed by atoms with Crippen molar-refractivity contribution in [2.24, 2.45) is 0 Å². The van der Waals surface area contributed by atoms with Crippen LogP contribution in [0, 0.1) is 0 Å². The van der Waals surface area contributed by atoms with Gasteiger partial charge in [-0.3, -0.25) is 0 Å². The van der Waals surface area contributed by atoms with Gasteiger partial charge in [0.1, 0.15) is 29.9 Å². The summed E-state index contributed by atoms with van der Waals surface area (Å²) in [7, 11) is 6.64. The van der Waals surface area contributed by atoms with Gasteiger partial charge in [-0.2, -0.15) is 0 Å². The van der Waals surface area contributed by atoms with E-state index in [-0.39, 0.29) is 29.9 Å². The summed E-state index contributed by atoms with van der Waals surface area (Å²) in [6.45, 7) is 0.445. The van der Waals surface area contributed by atoms with Crippen molar-refractivity contribution in [1.82, 2.24) is 0 Å². The highest BCUT2D eigenvalue weighted by molar-refractivity contribution is 7.99. The summed E-state index contributed by atoms with van der Waals surface area (Å²) < 4.78 is 28.3. The van der Waals surface area contributed by atoms with Crippen LogP contribution in [0.15, 0.2) is 35.2 Å². The van der Waals surface area contributed by atoms with Crippen molar-refractivity contribution in [3.05, 3.63) is 30.3 Å². The van der Waals surface area contributed by atoms with E-state index in [4.69, 9.17) is 23.7 Å². The lowest BCUT2D eigenvalue weighted by Crippen LogP contribution is -2.59. The Kier molecular flexibility index (Phi) is 7.14. The van der Waals surface area contributed by atoms with Crippen LogP contribution in [0.5, 0.6) is 0 Å². The molecule has 1 heterocycles. The van der Waals surface area contributed by atoms with Gasteiger partial charge in [0, 0.05) is 33.3 Å². The second-order valence-electron chi connectivity index (χ2n) is 5.03. The van der Waals surface area contributed by atoms with Gasteiger partial charge in [0.25, 0.3) is 0 Å². The molecule has 0 aliphatic carbocycles. The summed E-state index contributed by atoms with van der Waals surface area (Å²) >= 11 is 1.62. The lowest BCUT2D eigenvalue weighted by Gasteiger charge is -2.44. The van der Waals surface area contributed by atoms with E-state index in [0.29, 0.717) is 6.61 Å². The molecule has 1 saturated heterocycles. The highest BCUT2D eigenvalue weighted by Gasteiger charge is 2.47. The maximum atomic E-state index is 6.18. The SMILES string of the molecule is COC[C@H]1O[C@@H](Sc2ccccc2)[C@H](OC)[C@@H](OC)[C@H]1OC. The first-order valence-corrected chi connectivity index (χ1v) is 8.07. The average Bonchev–Trinajstić information content (AvgIpc) is 2.55. The molecule has 0 N–H and O–H groups in total.